The first-order valence-electron chi connectivity index (χ1n) is 6.12. The largest absolute Gasteiger partial charge is 0.103 e. The van der Waals surface area contributed by atoms with Gasteiger partial charge >= 0.3 is 0 Å². The zero-order chi connectivity index (χ0) is 10.8. The van der Waals surface area contributed by atoms with Crippen LogP contribution in [0.25, 0.3) is 0 Å². The zero-order valence-electron chi connectivity index (χ0n) is 9.97. The summed E-state index contributed by atoms with van der Waals surface area (Å²) < 4.78 is 0. The molecular formula is C16H34. The van der Waals surface area contributed by atoms with E-state index in [9.17, 15) is 0 Å². The Hall–Kier alpha value is -0.520. The van der Waals surface area contributed by atoms with E-state index in [2.05, 4.69) is 19.2 Å². The van der Waals surface area contributed by atoms with Gasteiger partial charge in [-0.1, -0.05) is 60.1 Å². The molecule has 1 rings (SSSR count). The van der Waals surface area contributed by atoms with Gasteiger partial charge in [-0.2, -0.15) is 0 Å². The first-order valence-corrected chi connectivity index (χ1v) is 6.12. The molecule has 1 atom stereocenters. The van der Waals surface area contributed by atoms with Crippen molar-refractivity contribution in [2.24, 2.45) is 11.8 Å². The Balaban J connectivity index is -0.000000399. The molecule has 0 bridgehead atoms. The third kappa shape index (κ3) is 7.73. The Morgan fingerprint density at radius 1 is 1.06 bits per heavy atom. The van der Waals surface area contributed by atoms with Crippen LogP contribution in [-0.2, 0) is 0 Å². The van der Waals surface area contributed by atoms with E-state index < -0.39 is 0 Å². The molecule has 1 fully saturated rings. The van der Waals surface area contributed by atoms with E-state index in [1.165, 1.54) is 32.1 Å². The van der Waals surface area contributed by atoms with E-state index >= 15 is 0 Å². The van der Waals surface area contributed by atoms with E-state index in [1.54, 1.807) is 0 Å². The maximum Gasteiger partial charge on any atom is -0.0173 e. The third-order valence-electron chi connectivity index (χ3n) is 3.00. The zero-order valence-corrected chi connectivity index (χ0v) is 9.97. The molecule has 0 N–H and O–H groups in total. The molecule has 1 unspecified atom stereocenters. The molecule has 0 spiro atoms. The summed E-state index contributed by atoms with van der Waals surface area (Å²) in [6.45, 7) is 11.7. The standard InChI is InChI=1S/C12H20.C2H6.2CH4/c1-3-8-11(4-2)12-9-6-5-7-10-12;1-2;;/h3-4,11-12H,1-2,5-10H2;1-2H3;2*1H4. The highest BCUT2D eigenvalue weighted by Crippen LogP contribution is 2.32. The minimum atomic E-state index is 0. The summed E-state index contributed by atoms with van der Waals surface area (Å²) >= 11 is 0. The molecule has 1 aliphatic carbocycles. The van der Waals surface area contributed by atoms with E-state index in [4.69, 9.17) is 0 Å². The van der Waals surface area contributed by atoms with Gasteiger partial charge < -0.3 is 0 Å². The van der Waals surface area contributed by atoms with Crippen molar-refractivity contribution in [3.05, 3.63) is 25.3 Å². The molecule has 1 aliphatic rings. The van der Waals surface area contributed by atoms with Crippen molar-refractivity contribution in [1.29, 1.82) is 0 Å². The van der Waals surface area contributed by atoms with Crippen molar-refractivity contribution in [2.45, 2.75) is 67.2 Å². The van der Waals surface area contributed by atoms with Crippen LogP contribution in [0, 0.1) is 11.8 Å². The predicted molar refractivity (Wildman–Crippen MR) is 79.9 cm³/mol. The summed E-state index contributed by atoms with van der Waals surface area (Å²) in [5, 5.41) is 0. The van der Waals surface area contributed by atoms with Gasteiger partial charge in [0.1, 0.15) is 0 Å². The highest BCUT2D eigenvalue weighted by atomic mass is 14.2. The molecule has 0 saturated heterocycles. The number of hydrogen-bond donors (Lipinski definition) is 0. The molecule has 0 amide bonds. The fourth-order valence-corrected chi connectivity index (χ4v) is 2.24. The summed E-state index contributed by atoms with van der Waals surface area (Å²) in [5.41, 5.74) is 0. The van der Waals surface area contributed by atoms with Crippen molar-refractivity contribution in [1.82, 2.24) is 0 Å². The summed E-state index contributed by atoms with van der Waals surface area (Å²) in [4.78, 5) is 0. The number of hydrogen-bond acceptors (Lipinski definition) is 0. The summed E-state index contributed by atoms with van der Waals surface area (Å²) in [5.74, 6) is 1.59. The predicted octanol–water partition coefficient (Wildman–Crippen LogP) is 6.24. The Labute approximate surface area is 105 Å². The van der Waals surface area contributed by atoms with Gasteiger partial charge in [-0.05, 0) is 31.1 Å². The SMILES string of the molecule is C.C.C=CCC(C=C)C1CCCCC1.CC. The fraction of sp³-hybridized carbons (Fsp3) is 0.750. The van der Waals surface area contributed by atoms with Crippen LogP contribution >= 0.6 is 0 Å². The highest BCUT2D eigenvalue weighted by Gasteiger charge is 2.19. The molecule has 0 aromatic rings. The molecule has 0 heteroatoms. The maximum atomic E-state index is 3.91. The smallest absolute Gasteiger partial charge is 0.0173 e. The molecule has 16 heavy (non-hydrogen) atoms. The minimum absolute atomic E-state index is 0. The van der Waals surface area contributed by atoms with Crippen LogP contribution in [-0.4, -0.2) is 0 Å². The average Bonchev–Trinajstić information content (AvgIpc) is 2.30. The summed E-state index contributed by atoms with van der Waals surface area (Å²) in [6, 6.07) is 0. The molecule has 98 valence electrons. The second kappa shape index (κ2) is 14.5. The van der Waals surface area contributed by atoms with Crippen molar-refractivity contribution >= 4 is 0 Å². The van der Waals surface area contributed by atoms with Crippen LogP contribution in [0.5, 0.6) is 0 Å². The number of rotatable bonds is 4. The van der Waals surface area contributed by atoms with Gasteiger partial charge in [0, 0.05) is 0 Å². The molecule has 0 radical (unpaired) electrons. The maximum absolute atomic E-state index is 3.91. The van der Waals surface area contributed by atoms with E-state index in [1.807, 2.05) is 19.9 Å². The number of allylic oxidation sites excluding steroid dienone is 2. The topological polar surface area (TPSA) is 0 Å². The molecule has 0 aliphatic heterocycles. The summed E-state index contributed by atoms with van der Waals surface area (Å²) in [7, 11) is 0. The van der Waals surface area contributed by atoms with Crippen molar-refractivity contribution < 1.29 is 0 Å². The lowest BCUT2D eigenvalue weighted by molar-refractivity contribution is 0.287. The lowest BCUT2D eigenvalue weighted by atomic mass is 9.79. The van der Waals surface area contributed by atoms with Gasteiger partial charge in [-0.15, -0.1) is 13.2 Å². The van der Waals surface area contributed by atoms with E-state index in [0.29, 0.717) is 5.92 Å². The summed E-state index contributed by atoms with van der Waals surface area (Å²) in [6.07, 6.45) is 12.4. The first kappa shape index (κ1) is 20.8. The first-order chi connectivity index (χ1) is 6.88. The van der Waals surface area contributed by atoms with E-state index in [-0.39, 0.29) is 14.9 Å². The molecular weight excluding hydrogens is 192 g/mol. The Morgan fingerprint density at radius 3 is 1.94 bits per heavy atom. The third-order valence-corrected chi connectivity index (χ3v) is 3.00. The average molecular weight is 226 g/mol. The van der Waals surface area contributed by atoms with Gasteiger partial charge in [0.05, 0.1) is 0 Å². The fourth-order valence-electron chi connectivity index (χ4n) is 2.24. The Kier molecular flexibility index (Phi) is 18.9. The lowest BCUT2D eigenvalue weighted by Crippen LogP contribution is -2.15. The minimum Gasteiger partial charge on any atom is -0.103 e. The lowest BCUT2D eigenvalue weighted by Gasteiger charge is -2.27. The van der Waals surface area contributed by atoms with Crippen LogP contribution in [0.2, 0.25) is 0 Å². The molecule has 0 aromatic carbocycles. The van der Waals surface area contributed by atoms with Crippen molar-refractivity contribution in [2.75, 3.05) is 0 Å². The Morgan fingerprint density at radius 2 is 1.56 bits per heavy atom. The normalized spacial score (nSPS) is 16.6. The van der Waals surface area contributed by atoms with Crippen LogP contribution < -0.4 is 0 Å². The Bertz CT molecular complexity index is 140. The van der Waals surface area contributed by atoms with Gasteiger partial charge in [0.2, 0.25) is 0 Å². The molecule has 0 aromatic heterocycles. The van der Waals surface area contributed by atoms with Crippen LogP contribution in [0.15, 0.2) is 25.3 Å². The van der Waals surface area contributed by atoms with Crippen LogP contribution in [0.1, 0.15) is 67.2 Å². The van der Waals surface area contributed by atoms with Gasteiger partial charge in [0.25, 0.3) is 0 Å². The quantitative estimate of drug-likeness (QED) is 0.497. The van der Waals surface area contributed by atoms with Gasteiger partial charge in [-0.3, -0.25) is 0 Å². The van der Waals surface area contributed by atoms with Gasteiger partial charge in [-0.25, -0.2) is 0 Å². The van der Waals surface area contributed by atoms with Crippen molar-refractivity contribution in [3.63, 3.8) is 0 Å². The molecule has 0 heterocycles. The van der Waals surface area contributed by atoms with Crippen LogP contribution in [0.3, 0.4) is 0 Å². The monoisotopic (exact) mass is 226 g/mol. The van der Waals surface area contributed by atoms with Crippen molar-refractivity contribution in [3.8, 4) is 0 Å². The van der Waals surface area contributed by atoms with E-state index in [0.717, 1.165) is 12.3 Å². The molecule has 0 nitrogen and oxygen atoms in total. The van der Waals surface area contributed by atoms with Gasteiger partial charge in [0.15, 0.2) is 0 Å². The highest BCUT2D eigenvalue weighted by molar-refractivity contribution is 4.90. The second-order valence-corrected chi connectivity index (χ2v) is 3.82. The van der Waals surface area contributed by atoms with Crippen LogP contribution in [0.4, 0.5) is 0 Å². The molecule has 1 saturated carbocycles. The second-order valence-electron chi connectivity index (χ2n) is 3.82.